The van der Waals surface area contributed by atoms with Gasteiger partial charge in [-0.05, 0) is 41.3 Å². The third kappa shape index (κ3) is 2.52. The minimum atomic E-state index is -0.186. The Hall–Kier alpha value is -2.92. The minimum Gasteiger partial charge on any atom is -0.393 e. The summed E-state index contributed by atoms with van der Waals surface area (Å²) in [6.07, 6.45) is 5.15. The molecule has 0 saturated carbocycles. The van der Waals surface area contributed by atoms with E-state index < -0.39 is 0 Å². The standard InChI is InChI=1S/C21H20N4O/c26-18-8-11-24(12-9-18)20-7-10-22-21-19(14-23-25(20)21)17-6-5-15-3-1-2-4-16(15)13-17/h1-7,10,13-14,18,26H,8-9,11-12H2. The average Bonchev–Trinajstić information content (AvgIpc) is 3.12. The second-order valence-corrected chi connectivity index (χ2v) is 6.88. The number of fused-ring (bicyclic) bond motifs is 2. The number of aliphatic hydroxyl groups is 1. The van der Waals surface area contributed by atoms with Gasteiger partial charge >= 0.3 is 0 Å². The van der Waals surface area contributed by atoms with Crippen LogP contribution in [0, 0.1) is 0 Å². The second kappa shape index (κ2) is 6.11. The number of nitrogens with zero attached hydrogens (tertiary/aromatic N) is 4. The van der Waals surface area contributed by atoms with E-state index in [-0.39, 0.29) is 6.10 Å². The summed E-state index contributed by atoms with van der Waals surface area (Å²) in [6, 6.07) is 16.8. The molecule has 1 saturated heterocycles. The van der Waals surface area contributed by atoms with Gasteiger partial charge in [0.05, 0.1) is 12.3 Å². The third-order valence-electron chi connectivity index (χ3n) is 5.23. The zero-order chi connectivity index (χ0) is 17.5. The fourth-order valence-electron chi connectivity index (χ4n) is 3.77. The van der Waals surface area contributed by atoms with Crippen LogP contribution < -0.4 is 4.90 Å². The van der Waals surface area contributed by atoms with E-state index in [0.29, 0.717) is 0 Å². The molecule has 2 aromatic heterocycles. The minimum absolute atomic E-state index is 0.186. The molecule has 0 radical (unpaired) electrons. The van der Waals surface area contributed by atoms with Crippen LogP contribution >= 0.6 is 0 Å². The molecule has 3 heterocycles. The van der Waals surface area contributed by atoms with Crippen LogP contribution in [-0.4, -0.2) is 38.9 Å². The molecule has 0 aliphatic carbocycles. The Bertz CT molecular complexity index is 1080. The molecular formula is C21H20N4O. The molecular weight excluding hydrogens is 324 g/mol. The Labute approximate surface area is 151 Å². The van der Waals surface area contributed by atoms with E-state index in [9.17, 15) is 5.11 Å². The summed E-state index contributed by atoms with van der Waals surface area (Å²) >= 11 is 0. The van der Waals surface area contributed by atoms with Crippen molar-refractivity contribution in [1.82, 2.24) is 14.6 Å². The molecule has 26 heavy (non-hydrogen) atoms. The first kappa shape index (κ1) is 15.3. The van der Waals surface area contributed by atoms with Crippen molar-refractivity contribution in [2.45, 2.75) is 18.9 Å². The number of anilines is 1. The molecule has 0 amide bonds. The maximum absolute atomic E-state index is 9.77. The molecule has 0 atom stereocenters. The summed E-state index contributed by atoms with van der Waals surface area (Å²) < 4.78 is 1.92. The lowest BCUT2D eigenvalue weighted by atomic mass is 10.0. The van der Waals surface area contributed by atoms with Crippen LogP contribution in [0.25, 0.3) is 27.5 Å². The molecule has 5 rings (SSSR count). The predicted octanol–water partition coefficient (Wildman–Crippen LogP) is 3.51. The van der Waals surface area contributed by atoms with Crippen molar-refractivity contribution in [3.8, 4) is 11.1 Å². The first-order valence-electron chi connectivity index (χ1n) is 9.04. The number of hydrogen-bond donors (Lipinski definition) is 1. The highest BCUT2D eigenvalue weighted by molar-refractivity contribution is 5.89. The molecule has 0 spiro atoms. The second-order valence-electron chi connectivity index (χ2n) is 6.88. The van der Waals surface area contributed by atoms with Gasteiger partial charge in [0.15, 0.2) is 5.65 Å². The first-order valence-corrected chi connectivity index (χ1v) is 9.04. The molecule has 1 fully saturated rings. The molecule has 1 N–H and O–H groups in total. The van der Waals surface area contributed by atoms with E-state index >= 15 is 0 Å². The Morgan fingerprint density at radius 1 is 0.962 bits per heavy atom. The normalized spacial score (nSPS) is 15.8. The van der Waals surface area contributed by atoms with Crippen LogP contribution in [0.15, 0.2) is 60.9 Å². The molecule has 1 aliphatic heterocycles. The maximum Gasteiger partial charge on any atom is 0.165 e. The van der Waals surface area contributed by atoms with Crippen molar-refractivity contribution in [1.29, 1.82) is 0 Å². The van der Waals surface area contributed by atoms with Gasteiger partial charge in [-0.2, -0.15) is 9.61 Å². The highest BCUT2D eigenvalue weighted by atomic mass is 16.3. The first-order chi connectivity index (χ1) is 12.8. The number of benzene rings is 2. The summed E-state index contributed by atoms with van der Waals surface area (Å²) in [5.74, 6) is 1.04. The SMILES string of the molecule is OC1CCN(c2ccnc3c(-c4ccc5ccccc5c4)cnn23)CC1. The Morgan fingerprint density at radius 2 is 1.77 bits per heavy atom. The average molecular weight is 344 g/mol. The fraction of sp³-hybridized carbons (Fsp3) is 0.238. The van der Waals surface area contributed by atoms with Crippen molar-refractivity contribution >= 4 is 22.2 Å². The van der Waals surface area contributed by atoms with Gasteiger partial charge in [0.1, 0.15) is 5.82 Å². The van der Waals surface area contributed by atoms with E-state index in [1.807, 2.05) is 23.0 Å². The van der Waals surface area contributed by atoms with Gasteiger partial charge in [0.2, 0.25) is 0 Å². The number of aromatic nitrogens is 3. The van der Waals surface area contributed by atoms with E-state index in [4.69, 9.17) is 0 Å². The zero-order valence-corrected chi connectivity index (χ0v) is 14.4. The van der Waals surface area contributed by atoms with Crippen LogP contribution in [0.2, 0.25) is 0 Å². The van der Waals surface area contributed by atoms with Gasteiger partial charge in [0, 0.05) is 24.8 Å². The molecule has 130 valence electrons. The molecule has 1 aliphatic rings. The molecule has 5 heteroatoms. The van der Waals surface area contributed by atoms with E-state index in [1.54, 1.807) is 0 Å². The molecule has 4 aromatic rings. The highest BCUT2D eigenvalue weighted by Gasteiger charge is 2.20. The monoisotopic (exact) mass is 344 g/mol. The number of hydrogen-bond acceptors (Lipinski definition) is 4. The van der Waals surface area contributed by atoms with Gasteiger partial charge in [-0.25, -0.2) is 4.98 Å². The zero-order valence-electron chi connectivity index (χ0n) is 14.4. The van der Waals surface area contributed by atoms with Crippen LogP contribution in [0.4, 0.5) is 5.82 Å². The predicted molar refractivity (Wildman–Crippen MR) is 103 cm³/mol. The van der Waals surface area contributed by atoms with Crippen molar-refractivity contribution < 1.29 is 5.11 Å². The maximum atomic E-state index is 9.77. The van der Waals surface area contributed by atoms with E-state index in [1.165, 1.54) is 10.8 Å². The van der Waals surface area contributed by atoms with Crippen LogP contribution in [-0.2, 0) is 0 Å². The van der Waals surface area contributed by atoms with Crippen molar-refractivity contribution in [2.24, 2.45) is 0 Å². The topological polar surface area (TPSA) is 53.7 Å². The lowest BCUT2D eigenvalue weighted by molar-refractivity contribution is 0.145. The van der Waals surface area contributed by atoms with E-state index in [2.05, 4.69) is 57.4 Å². The van der Waals surface area contributed by atoms with Crippen molar-refractivity contribution in [2.75, 3.05) is 18.0 Å². The Balaban J connectivity index is 1.60. The quantitative estimate of drug-likeness (QED) is 0.605. The Kier molecular flexibility index (Phi) is 3.60. The number of rotatable bonds is 2. The number of aliphatic hydroxyl groups excluding tert-OH is 1. The highest BCUT2D eigenvalue weighted by Crippen LogP contribution is 2.29. The Morgan fingerprint density at radius 3 is 2.62 bits per heavy atom. The summed E-state index contributed by atoms with van der Waals surface area (Å²) in [7, 11) is 0. The smallest absolute Gasteiger partial charge is 0.165 e. The van der Waals surface area contributed by atoms with Crippen LogP contribution in [0.5, 0.6) is 0 Å². The van der Waals surface area contributed by atoms with Crippen molar-refractivity contribution in [3.63, 3.8) is 0 Å². The molecule has 5 nitrogen and oxygen atoms in total. The number of piperidine rings is 1. The van der Waals surface area contributed by atoms with Crippen LogP contribution in [0.3, 0.4) is 0 Å². The van der Waals surface area contributed by atoms with Crippen LogP contribution in [0.1, 0.15) is 12.8 Å². The molecule has 0 unspecified atom stereocenters. The van der Waals surface area contributed by atoms with Gasteiger partial charge < -0.3 is 10.0 Å². The van der Waals surface area contributed by atoms with Gasteiger partial charge in [-0.3, -0.25) is 0 Å². The molecule has 2 aromatic carbocycles. The van der Waals surface area contributed by atoms with E-state index in [0.717, 1.165) is 48.5 Å². The van der Waals surface area contributed by atoms with Gasteiger partial charge in [-0.15, -0.1) is 0 Å². The summed E-state index contributed by atoms with van der Waals surface area (Å²) in [5, 5.41) is 16.8. The van der Waals surface area contributed by atoms with Crippen molar-refractivity contribution in [3.05, 3.63) is 60.9 Å². The largest absolute Gasteiger partial charge is 0.393 e. The summed E-state index contributed by atoms with van der Waals surface area (Å²) in [5.41, 5.74) is 3.02. The lowest BCUT2D eigenvalue weighted by Crippen LogP contribution is -2.36. The fourth-order valence-corrected chi connectivity index (χ4v) is 3.77. The van der Waals surface area contributed by atoms with Gasteiger partial charge in [0.25, 0.3) is 0 Å². The molecule has 0 bridgehead atoms. The summed E-state index contributed by atoms with van der Waals surface area (Å²) in [4.78, 5) is 6.87. The van der Waals surface area contributed by atoms with Gasteiger partial charge in [-0.1, -0.05) is 36.4 Å². The third-order valence-corrected chi connectivity index (χ3v) is 5.23. The summed E-state index contributed by atoms with van der Waals surface area (Å²) in [6.45, 7) is 1.68. The lowest BCUT2D eigenvalue weighted by Gasteiger charge is -2.31.